The quantitative estimate of drug-likeness (QED) is 0.200. The van der Waals surface area contributed by atoms with Crippen molar-refractivity contribution in [2.24, 2.45) is 10.9 Å². The molecule has 0 spiro atoms. The standard InChI is InChI=1S/C22H37N5OS.HI/c1-2-23-22(25-13-12-24-20(28)17-18-7-4-3-5-8-18)26-19-10-14-27(15-11-19)21-9-6-16-29-21;/h6,9,16,18-19H,2-5,7-8,10-15,17H2,1H3,(H,24,28)(H2,23,25,26);1H. The van der Waals surface area contributed by atoms with Gasteiger partial charge in [0.05, 0.1) is 11.5 Å². The second-order valence-electron chi connectivity index (χ2n) is 8.18. The number of hydrogen-bond acceptors (Lipinski definition) is 4. The molecular formula is C22H38IN5OS. The fourth-order valence-electron chi connectivity index (χ4n) is 4.30. The molecule has 170 valence electrons. The summed E-state index contributed by atoms with van der Waals surface area (Å²) in [7, 11) is 0. The van der Waals surface area contributed by atoms with E-state index in [0.717, 1.165) is 38.4 Å². The maximum atomic E-state index is 12.1. The summed E-state index contributed by atoms with van der Waals surface area (Å²) in [5, 5.41) is 13.5. The number of piperidine rings is 1. The highest BCUT2D eigenvalue weighted by molar-refractivity contribution is 14.0. The molecule has 8 heteroatoms. The summed E-state index contributed by atoms with van der Waals surface area (Å²) in [6, 6.07) is 4.77. The Kier molecular flexibility index (Phi) is 11.9. The first kappa shape index (κ1) is 25.2. The van der Waals surface area contributed by atoms with Crippen LogP contribution in [-0.4, -0.2) is 50.6 Å². The van der Waals surface area contributed by atoms with Gasteiger partial charge in [-0.2, -0.15) is 0 Å². The molecule has 1 aliphatic carbocycles. The Morgan fingerprint density at radius 1 is 1.17 bits per heavy atom. The van der Waals surface area contributed by atoms with Crippen LogP contribution in [0.25, 0.3) is 0 Å². The minimum Gasteiger partial charge on any atom is -0.363 e. The molecule has 0 aromatic carbocycles. The van der Waals surface area contributed by atoms with E-state index < -0.39 is 0 Å². The minimum absolute atomic E-state index is 0. The predicted octanol–water partition coefficient (Wildman–Crippen LogP) is 3.98. The van der Waals surface area contributed by atoms with Gasteiger partial charge in [0.25, 0.3) is 0 Å². The first-order chi connectivity index (χ1) is 14.2. The summed E-state index contributed by atoms with van der Waals surface area (Å²) in [5.74, 6) is 1.64. The molecular weight excluding hydrogens is 509 g/mol. The molecule has 0 atom stereocenters. The van der Waals surface area contributed by atoms with Gasteiger partial charge < -0.3 is 20.9 Å². The van der Waals surface area contributed by atoms with Crippen LogP contribution in [0.5, 0.6) is 0 Å². The molecule has 0 radical (unpaired) electrons. The number of rotatable bonds is 8. The zero-order valence-electron chi connectivity index (χ0n) is 18.2. The lowest BCUT2D eigenvalue weighted by Gasteiger charge is -2.33. The van der Waals surface area contributed by atoms with Crippen LogP contribution in [0.4, 0.5) is 5.00 Å². The zero-order chi connectivity index (χ0) is 20.3. The molecule has 1 amide bonds. The fraction of sp³-hybridized carbons (Fsp3) is 0.727. The summed E-state index contributed by atoms with van der Waals surface area (Å²) < 4.78 is 0. The highest BCUT2D eigenvalue weighted by Gasteiger charge is 2.21. The van der Waals surface area contributed by atoms with Crippen molar-refractivity contribution in [2.75, 3.05) is 37.6 Å². The predicted molar refractivity (Wildman–Crippen MR) is 138 cm³/mol. The van der Waals surface area contributed by atoms with Crippen LogP contribution >= 0.6 is 35.3 Å². The van der Waals surface area contributed by atoms with Crippen LogP contribution in [0.1, 0.15) is 58.3 Å². The minimum atomic E-state index is 0. The summed E-state index contributed by atoms with van der Waals surface area (Å²) in [4.78, 5) is 19.3. The molecule has 0 unspecified atom stereocenters. The molecule has 2 aliphatic rings. The number of thiophene rings is 1. The molecule has 1 saturated carbocycles. The summed E-state index contributed by atoms with van der Waals surface area (Å²) >= 11 is 1.81. The van der Waals surface area contributed by atoms with E-state index in [-0.39, 0.29) is 29.9 Å². The van der Waals surface area contributed by atoms with Crippen molar-refractivity contribution in [1.29, 1.82) is 0 Å². The number of carbonyl (C=O) groups is 1. The van der Waals surface area contributed by atoms with Crippen LogP contribution in [0, 0.1) is 5.92 Å². The van der Waals surface area contributed by atoms with Gasteiger partial charge in [-0.3, -0.25) is 9.79 Å². The smallest absolute Gasteiger partial charge is 0.220 e. The van der Waals surface area contributed by atoms with Crippen LogP contribution in [0.15, 0.2) is 22.5 Å². The van der Waals surface area contributed by atoms with Gasteiger partial charge in [-0.1, -0.05) is 19.3 Å². The average molecular weight is 548 g/mol. The van der Waals surface area contributed by atoms with Gasteiger partial charge in [0, 0.05) is 38.6 Å². The zero-order valence-corrected chi connectivity index (χ0v) is 21.3. The molecule has 0 bridgehead atoms. The number of halogens is 1. The first-order valence-electron chi connectivity index (χ1n) is 11.3. The van der Waals surface area contributed by atoms with Crippen molar-refractivity contribution < 1.29 is 4.79 Å². The van der Waals surface area contributed by atoms with Crippen LogP contribution in [0.2, 0.25) is 0 Å². The molecule has 3 N–H and O–H groups in total. The number of nitrogens with one attached hydrogen (secondary N) is 3. The van der Waals surface area contributed by atoms with Crippen molar-refractivity contribution >= 4 is 52.2 Å². The highest BCUT2D eigenvalue weighted by atomic mass is 127. The van der Waals surface area contributed by atoms with Crippen molar-refractivity contribution in [3.8, 4) is 0 Å². The number of hydrogen-bond donors (Lipinski definition) is 3. The van der Waals surface area contributed by atoms with Crippen LogP contribution < -0.4 is 20.9 Å². The van der Waals surface area contributed by atoms with Gasteiger partial charge in [0.1, 0.15) is 0 Å². The number of nitrogens with zero attached hydrogens (tertiary/aromatic N) is 2. The molecule has 2 heterocycles. The molecule has 3 rings (SSSR count). The topological polar surface area (TPSA) is 68.8 Å². The molecule has 1 aromatic heterocycles. The number of carbonyl (C=O) groups excluding carboxylic acids is 1. The second kappa shape index (κ2) is 14.1. The Morgan fingerprint density at radius 3 is 2.60 bits per heavy atom. The van der Waals surface area contributed by atoms with Crippen molar-refractivity contribution in [2.45, 2.75) is 64.3 Å². The third-order valence-corrected chi connectivity index (χ3v) is 6.83. The van der Waals surface area contributed by atoms with E-state index in [4.69, 9.17) is 0 Å². The number of amides is 1. The van der Waals surface area contributed by atoms with Gasteiger partial charge in [0.2, 0.25) is 5.91 Å². The van der Waals surface area contributed by atoms with E-state index >= 15 is 0 Å². The summed E-state index contributed by atoms with van der Waals surface area (Å²) in [6.45, 7) is 6.30. The number of guanidine groups is 1. The Balaban J connectivity index is 0.00000320. The molecule has 1 aliphatic heterocycles. The lowest BCUT2D eigenvalue weighted by Crippen LogP contribution is -2.48. The van der Waals surface area contributed by atoms with Crippen molar-refractivity contribution in [3.63, 3.8) is 0 Å². The van der Waals surface area contributed by atoms with E-state index in [1.807, 2.05) is 11.3 Å². The maximum Gasteiger partial charge on any atom is 0.220 e. The van der Waals surface area contributed by atoms with E-state index in [1.54, 1.807) is 0 Å². The first-order valence-corrected chi connectivity index (χ1v) is 12.2. The molecule has 2 fully saturated rings. The molecule has 1 saturated heterocycles. The number of aliphatic imine (C=N–C) groups is 1. The van der Waals surface area contributed by atoms with Crippen molar-refractivity contribution in [1.82, 2.24) is 16.0 Å². The highest BCUT2D eigenvalue weighted by Crippen LogP contribution is 2.26. The van der Waals surface area contributed by atoms with Gasteiger partial charge in [-0.25, -0.2) is 0 Å². The van der Waals surface area contributed by atoms with E-state index in [1.165, 1.54) is 37.1 Å². The molecule has 30 heavy (non-hydrogen) atoms. The van der Waals surface area contributed by atoms with Gasteiger partial charge in [-0.05, 0) is 56.0 Å². The molecule has 1 aromatic rings. The van der Waals surface area contributed by atoms with E-state index in [9.17, 15) is 4.79 Å². The van der Waals surface area contributed by atoms with Crippen LogP contribution in [0.3, 0.4) is 0 Å². The van der Waals surface area contributed by atoms with Crippen LogP contribution in [-0.2, 0) is 4.79 Å². The number of anilines is 1. The third kappa shape index (κ3) is 8.61. The Hall–Kier alpha value is -1.03. The summed E-state index contributed by atoms with van der Waals surface area (Å²) in [6.07, 6.45) is 9.24. The van der Waals surface area contributed by atoms with Gasteiger partial charge >= 0.3 is 0 Å². The van der Waals surface area contributed by atoms with Crippen molar-refractivity contribution in [3.05, 3.63) is 17.5 Å². The van der Waals surface area contributed by atoms with Gasteiger partial charge in [-0.15, -0.1) is 35.3 Å². The second-order valence-corrected chi connectivity index (χ2v) is 9.10. The Morgan fingerprint density at radius 2 is 1.93 bits per heavy atom. The largest absolute Gasteiger partial charge is 0.363 e. The maximum absolute atomic E-state index is 12.1. The van der Waals surface area contributed by atoms with Gasteiger partial charge in [0.15, 0.2) is 5.96 Å². The lowest BCUT2D eigenvalue weighted by atomic mass is 9.87. The third-order valence-electron chi connectivity index (χ3n) is 5.90. The lowest BCUT2D eigenvalue weighted by molar-refractivity contribution is -0.122. The monoisotopic (exact) mass is 547 g/mol. The molecule has 6 nitrogen and oxygen atoms in total. The van der Waals surface area contributed by atoms with E-state index in [0.29, 0.717) is 31.5 Å². The Labute approximate surface area is 202 Å². The summed E-state index contributed by atoms with van der Waals surface area (Å²) in [5.41, 5.74) is 0. The van der Waals surface area contributed by atoms with E-state index in [2.05, 4.69) is 50.3 Å². The normalized spacial score (nSPS) is 18.6. The fourth-order valence-corrected chi connectivity index (χ4v) is 5.08. The Bertz CT molecular complexity index is 625. The average Bonchev–Trinajstić information content (AvgIpc) is 3.27. The SMILES string of the molecule is CCNC(=NCCNC(=O)CC1CCCCC1)NC1CCN(c2cccs2)CC1.I.